The Labute approximate surface area is 154 Å². The number of nitrogens with zero attached hydrogens (tertiary/aromatic N) is 1. The van der Waals surface area contributed by atoms with Crippen LogP contribution in [0.25, 0.3) is 11.3 Å². The molecule has 1 amide bonds. The van der Waals surface area contributed by atoms with Crippen molar-refractivity contribution in [1.82, 2.24) is 5.16 Å². The fourth-order valence-electron chi connectivity index (χ4n) is 2.31. The third-order valence-electron chi connectivity index (χ3n) is 3.47. The van der Waals surface area contributed by atoms with Crippen LogP contribution in [0.2, 0.25) is 5.02 Å². The molecule has 0 bridgehead atoms. The van der Waals surface area contributed by atoms with Crippen LogP contribution in [0.1, 0.15) is 16.1 Å². The molecule has 0 saturated carbocycles. The summed E-state index contributed by atoms with van der Waals surface area (Å²) in [6.45, 7) is 1.53. The lowest BCUT2D eigenvalue weighted by atomic mass is 10.0. The number of hydrogen-bond acceptors (Lipinski definition) is 3. The minimum Gasteiger partial charge on any atom is -0.360 e. The topological polar surface area (TPSA) is 55.1 Å². The Morgan fingerprint density at radius 3 is 2.72 bits per heavy atom. The third kappa shape index (κ3) is 3.43. The Morgan fingerprint density at radius 2 is 2.04 bits per heavy atom. The third-order valence-corrected chi connectivity index (χ3v) is 4.44. The number of benzene rings is 2. The van der Waals surface area contributed by atoms with E-state index < -0.39 is 17.5 Å². The number of halogens is 4. The summed E-state index contributed by atoms with van der Waals surface area (Å²) < 4.78 is 32.8. The molecule has 0 aliphatic heterocycles. The van der Waals surface area contributed by atoms with E-state index >= 15 is 0 Å². The SMILES string of the molecule is Cc1onc(-c2c(F)cccc2Cl)c1C(=O)Nc1ccc(F)cc1Br. The lowest BCUT2D eigenvalue weighted by Gasteiger charge is -2.09. The number of carbonyl (C=O) groups is 1. The molecule has 0 saturated heterocycles. The van der Waals surface area contributed by atoms with Crippen LogP contribution in [0, 0.1) is 18.6 Å². The predicted octanol–water partition coefficient (Wildman–Crippen LogP) is 5.60. The molecule has 0 radical (unpaired) electrons. The van der Waals surface area contributed by atoms with Crippen molar-refractivity contribution < 1.29 is 18.1 Å². The van der Waals surface area contributed by atoms with Crippen molar-refractivity contribution in [2.24, 2.45) is 0 Å². The van der Waals surface area contributed by atoms with Crippen LogP contribution in [-0.2, 0) is 0 Å². The van der Waals surface area contributed by atoms with Crippen molar-refractivity contribution in [3.63, 3.8) is 0 Å². The molecule has 0 aliphatic carbocycles. The van der Waals surface area contributed by atoms with Gasteiger partial charge in [0.25, 0.3) is 5.91 Å². The average Bonchev–Trinajstić information content (AvgIpc) is 2.91. The van der Waals surface area contributed by atoms with Crippen LogP contribution in [-0.4, -0.2) is 11.1 Å². The molecule has 3 aromatic rings. The molecule has 0 fully saturated rings. The molecular weight excluding hydrogens is 418 g/mol. The molecule has 2 aromatic carbocycles. The predicted molar refractivity (Wildman–Crippen MR) is 93.7 cm³/mol. The number of aryl methyl sites for hydroxylation is 1. The fraction of sp³-hybridized carbons (Fsp3) is 0.0588. The molecule has 3 rings (SSSR count). The Hall–Kier alpha value is -2.25. The van der Waals surface area contributed by atoms with Crippen molar-refractivity contribution in [3.05, 3.63) is 68.9 Å². The van der Waals surface area contributed by atoms with Crippen LogP contribution in [0.4, 0.5) is 14.5 Å². The van der Waals surface area contributed by atoms with E-state index in [2.05, 4.69) is 26.4 Å². The van der Waals surface area contributed by atoms with E-state index in [4.69, 9.17) is 16.1 Å². The first-order valence-electron chi connectivity index (χ1n) is 7.05. The van der Waals surface area contributed by atoms with Crippen molar-refractivity contribution in [3.8, 4) is 11.3 Å². The number of aromatic nitrogens is 1. The van der Waals surface area contributed by atoms with Gasteiger partial charge in [0.2, 0.25) is 0 Å². The van der Waals surface area contributed by atoms with Gasteiger partial charge < -0.3 is 9.84 Å². The highest BCUT2D eigenvalue weighted by atomic mass is 79.9. The zero-order valence-corrected chi connectivity index (χ0v) is 15.1. The second-order valence-corrected chi connectivity index (χ2v) is 6.40. The molecule has 25 heavy (non-hydrogen) atoms. The molecule has 0 spiro atoms. The first-order chi connectivity index (χ1) is 11.9. The number of nitrogens with one attached hydrogen (secondary N) is 1. The molecule has 1 N–H and O–H groups in total. The van der Waals surface area contributed by atoms with E-state index in [1.807, 2.05) is 0 Å². The maximum atomic E-state index is 14.2. The minimum atomic E-state index is -0.627. The summed E-state index contributed by atoms with van der Waals surface area (Å²) >= 11 is 9.22. The zero-order chi connectivity index (χ0) is 18.1. The summed E-state index contributed by atoms with van der Waals surface area (Å²) in [5.41, 5.74) is 0.362. The van der Waals surface area contributed by atoms with Crippen molar-refractivity contribution in [1.29, 1.82) is 0 Å². The molecule has 0 unspecified atom stereocenters. The van der Waals surface area contributed by atoms with Crippen LogP contribution < -0.4 is 5.32 Å². The van der Waals surface area contributed by atoms with Gasteiger partial charge in [0.1, 0.15) is 28.7 Å². The van der Waals surface area contributed by atoms with Crippen LogP contribution in [0.15, 0.2) is 45.4 Å². The number of carbonyl (C=O) groups excluding carboxylic acids is 1. The molecule has 8 heteroatoms. The maximum Gasteiger partial charge on any atom is 0.261 e. The Kier molecular flexibility index (Phi) is 4.87. The normalized spacial score (nSPS) is 10.8. The minimum absolute atomic E-state index is 0.00339. The quantitative estimate of drug-likeness (QED) is 0.592. The molecule has 1 aromatic heterocycles. The summed E-state index contributed by atoms with van der Waals surface area (Å²) in [6.07, 6.45) is 0. The second kappa shape index (κ2) is 6.93. The first kappa shape index (κ1) is 17.6. The lowest BCUT2D eigenvalue weighted by molar-refractivity contribution is 0.102. The number of hydrogen-bond donors (Lipinski definition) is 1. The second-order valence-electron chi connectivity index (χ2n) is 5.14. The fourth-order valence-corrected chi connectivity index (χ4v) is 3.01. The van der Waals surface area contributed by atoms with Gasteiger partial charge in [-0.2, -0.15) is 0 Å². The first-order valence-corrected chi connectivity index (χ1v) is 8.22. The summed E-state index contributed by atoms with van der Waals surface area (Å²) in [4.78, 5) is 12.7. The van der Waals surface area contributed by atoms with Gasteiger partial charge in [0, 0.05) is 4.47 Å². The summed E-state index contributed by atoms with van der Waals surface area (Å²) in [5.74, 6) is -1.46. The van der Waals surface area contributed by atoms with Gasteiger partial charge >= 0.3 is 0 Å². The number of rotatable bonds is 3. The largest absolute Gasteiger partial charge is 0.360 e. The van der Waals surface area contributed by atoms with Crippen LogP contribution >= 0.6 is 27.5 Å². The van der Waals surface area contributed by atoms with Crippen LogP contribution in [0.3, 0.4) is 0 Å². The highest BCUT2D eigenvalue weighted by molar-refractivity contribution is 9.10. The van der Waals surface area contributed by atoms with E-state index in [-0.39, 0.29) is 27.6 Å². The van der Waals surface area contributed by atoms with E-state index in [9.17, 15) is 13.6 Å². The number of amides is 1. The van der Waals surface area contributed by atoms with Crippen LogP contribution in [0.5, 0.6) is 0 Å². The van der Waals surface area contributed by atoms with E-state index in [0.717, 1.165) is 0 Å². The highest BCUT2D eigenvalue weighted by Crippen LogP contribution is 2.34. The summed E-state index contributed by atoms with van der Waals surface area (Å²) in [6, 6.07) is 7.96. The van der Waals surface area contributed by atoms with Gasteiger partial charge in [-0.05, 0) is 53.2 Å². The highest BCUT2D eigenvalue weighted by Gasteiger charge is 2.25. The monoisotopic (exact) mass is 426 g/mol. The number of anilines is 1. The Bertz CT molecular complexity index is 955. The lowest BCUT2D eigenvalue weighted by Crippen LogP contribution is -2.14. The van der Waals surface area contributed by atoms with Crippen molar-refractivity contribution in [2.75, 3.05) is 5.32 Å². The van der Waals surface area contributed by atoms with E-state index in [0.29, 0.717) is 10.2 Å². The van der Waals surface area contributed by atoms with Gasteiger partial charge in [0.15, 0.2) is 0 Å². The van der Waals surface area contributed by atoms with Gasteiger partial charge in [-0.3, -0.25) is 4.79 Å². The van der Waals surface area contributed by atoms with E-state index in [1.165, 1.54) is 43.3 Å². The smallest absolute Gasteiger partial charge is 0.261 e. The molecule has 1 heterocycles. The Balaban J connectivity index is 2.03. The summed E-state index contributed by atoms with van der Waals surface area (Å²) in [7, 11) is 0. The van der Waals surface area contributed by atoms with Crippen molar-refractivity contribution >= 4 is 39.1 Å². The van der Waals surface area contributed by atoms with Gasteiger partial charge in [-0.15, -0.1) is 0 Å². The Morgan fingerprint density at radius 1 is 1.28 bits per heavy atom. The molecule has 0 aliphatic rings. The molecule has 4 nitrogen and oxygen atoms in total. The zero-order valence-electron chi connectivity index (χ0n) is 12.7. The molecule has 0 atom stereocenters. The average molecular weight is 428 g/mol. The van der Waals surface area contributed by atoms with Gasteiger partial charge in [-0.25, -0.2) is 8.78 Å². The van der Waals surface area contributed by atoms with Gasteiger partial charge in [-0.1, -0.05) is 22.8 Å². The van der Waals surface area contributed by atoms with Crippen molar-refractivity contribution in [2.45, 2.75) is 6.92 Å². The standard InChI is InChI=1S/C17H10BrClF2N2O2/c1-8-14(17(24)22-13-6-5-9(20)7-10(13)18)16(23-25-8)15-11(19)3-2-4-12(15)21/h2-7H,1H3,(H,22,24). The summed E-state index contributed by atoms with van der Waals surface area (Å²) in [5, 5.41) is 6.49. The maximum absolute atomic E-state index is 14.2. The van der Waals surface area contributed by atoms with E-state index in [1.54, 1.807) is 0 Å². The molecule has 128 valence electrons. The molecular formula is C17H10BrClF2N2O2. The van der Waals surface area contributed by atoms with Gasteiger partial charge in [0.05, 0.1) is 16.3 Å².